The summed E-state index contributed by atoms with van der Waals surface area (Å²) in [7, 11) is -2.89. The number of nitrogens with two attached hydrogens (primary N) is 1. The predicted octanol–water partition coefficient (Wildman–Crippen LogP) is 0.961. The minimum absolute atomic E-state index is 0.277. The Hall–Kier alpha value is -1.30. The second-order valence-corrected chi connectivity index (χ2v) is 6.85. The van der Waals surface area contributed by atoms with E-state index in [2.05, 4.69) is 10.3 Å². The molecule has 2 rings (SSSR count). The highest BCUT2D eigenvalue weighted by Crippen LogP contribution is 2.21. The lowest BCUT2D eigenvalue weighted by atomic mass is 10.2. The molecule has 3 N–H and O–H groups in total. The molecule has 2 heterocycles. The number of anilines is 2. The summed E-state index contributed by atoms with van der Waals surface area (Å²) in [6.07, 6.45) is 3.07. The molecule has 1 saturated heterocycles. The molecule has 0 aromatic carbocycles. The summed E-state index contributed by atoms with van der Waals surface area (Å²) in [5.74, 6) is 1.02. The number of nitrogens with one attached hydrogen (secondary N) is 1. The predicted molar refractivity (Wildman–Crippen MR) is 68.7 cm³/mol. The van der Waals surface area contributed by atoms with Crippen LogP contribution in [0.3, 0.4) is 0 Å². The molecule has 1 aliphatic rings. The molecule has 1 aromatic rings. The van der Waals surface area contributed by atoms with Crippen molar-refractivity contribution in [3.63, 3.8) is 0 Å². The third kappa shape index (κ3) is 2.69. The quantitative estimate of drug-likeness (QED) is 0.840. The molecule has 0 amide bonds. The maximum Gasteiger partial charge on any atom is 0.154 e. The van der Waals surface area contributed by atoms with Crippen LogP contribution in [-0.4, -0.2) is 30.9 Å². The van der Waals surface area contributed by atoms with Crippen LogP contribution in [0.1, 0.15) is 18.4 Å². The van der Waals surface area contributed by atoms with Crippen molar-refractivity contribution in [1.29, 1.82) is 0 Å². The van der Waals surface area contributed by atoms with Crippen LogP contribution in [0.4, 0.5) is 11.5 Å². The van der Waals surface area contributed by atoms with Gasteiger partial charge in [-0.1, -0.05) is 0 Å². The number of hydrogen-bond acceptors (Lipinski definition) is 5. The molecule has 0 saturated carbocycles. The first kappa shape index (κ1) is 12.2. The highest BCUT2D eigenvalue weighted by Gasteiger charge is 2.30. The van der Waals surface area contributed by atoms with Crippen LogP contribution in [0.5, 0.6) is 0 Å². The second kappa shape index (κ2) is 4.52. The molecule has 6 heteroatoms. The van der Waals surface area contributed by atoms with Gasteiger partial charge >= 0.3 is 0 Å². The molecule has 1 unspecified atom stereocenters. The van der Waals surface area contributed by atoms with Crippen molar-refractivity contribution >= 4 is 21.3 Å². The minimum Gasteiger partial charge on any atom is -0.397 e. The largest absolute Gasteiger partial charge is 0.397 e. The van der Waals surface area contributed by atoms with Crippen molar-refractivity contribution in [2.45, 2.75) is 25.0 Å². The minimum atomic E-state index is -2.89. The summed E-state index contributed by atoms with van der Waals surface area (Å²) in [5, 5.41) is 2.82. The molecule has 17 heavy (non-hydrogen) atoms. The van der Waals surface area contributed by atoms with E-state index in [1.165, 1.54) is 0 Å². The van der Waals surface area contributed by atoms with Gasteiger partial charge < -0.3 is 11.1 Å². The van der Waals surface area contributed by atoms with Crippen molar-refractivity contribution in [3.05, 3.63) is 17.8 Å². The van der Waals surface area contributed by atoms with Gasteiger partial charge in [-0.05, 0) is 31.4 Å². The zero-order valence-electron chi connectivity index (χ0n) is 9.81. The standard InChI is InChI=1S/C11H17N3O2S/c1-8-5-9(12)6-13-11(8)14-7-10-3-2-4-17(10,15)16/h5-6,10H,2-4,7,12H2,1H3,(H,13,14). The number of nitrogen functional groups attached to an aromatic ring is 1. The van der Waals surface area contributed by atoms with E-state index >= 15 is 0 Å². The van der Waals surface area contributed by atoms with E-state index in [1.54, 1.807) is 6.20 Å². The summed E-state index contributed by atoms with van der Waals surface area (Å²) in [6.45, 7) is 2.33. The first-order chi connectivity index (χ1) is 7.99. The Labute approximate surface area is 101 Å². The monoisotopic (exact) mass is 255 g/mol. The molecule has 5 nitrogen and oxygen atoms in total. The molecule has 1 aromatic heterocycles. The fourth-order valence-electron chi connectivity index (χ4n) is 2.08. The van der Waals surface area contributed by atoms with Gasteiger partial charge in [0.2, 0.25) is 0 Å². The molecule has 0 spiro atoms. The van der Waals surface area contributed by atoms with Gasteiger partial charge in [0, 0.05) is 6.54 Å². The van der Waals surface area contributed by atoms with Gasteiger partial charge in [0.05, 0.1) is 22.9 Å². The fourth-order valence-corrected chi connectivity index (χ4v) is 3.84. The lowest BCUT2D eigenvalue weighted by Gasteiger charge is -2.13. The van der Waals surface area contributed by atoms with E-state index in [1.807, 2.05) is 13.0 Å². The fraction of sp³-hybridized carbons (Fsp3) is 0.545. The van der Waals surface area contributed by atoms with Crippen LogP contribution in [0.15, 0.2) is 12.3 Å². The van der Waals surface area contributed by atoms with E-state index in [-0.39, 0.29) is 5.25 Å². The third-order valence-electron chi connectivity index (χ3n) is 3.06. The lowest BCUT2D eigenvalue weighted by molar-refractivity contribution is 0.591. The molecule has 1 aliphatic heterocycles. The van der Waals surface area contributed by atoms with Crippen molar-refractivity contribution in [2.75, 3.05) is 23.3 Å². The van der Waals surface area contributed by atoms with Gasteiger partial charge in [0.25, 0.3) is 0 Å². The smallest absolute Gasteiger partial charge is 0.154 e. The lowest BCUT2D eigenvalue weighted by Crippen LogP contribution is -2.25. The average Bonchev–Trinajstić information content (AvgIpc) is 2.57. The van der Waals surface area contributed by atoms with Gasteiger partial charge in [-0.2, -0.15) is 0 Å². The number of aryl methyl sites for hydroxylation is 1. The van der Waals surface area contributed by atoms with Crippen LogP contribution >= 0.6 is 0 Å². The number of hydrogen-bond donors (Lipinski definition) is 2. The third-order valence-corrected chi connectivity index (χ3v) is 5.34. The molecular weight excluding hydrogens is 238 g/mol. The summed E-state index contributed by atoms with van der Waals surface area (Å²) >= 11 is 0. The van der Waals surface area contributed by atoms with Crippen molar-refractivity contribution in [3.8, 4) is 0 Å². The Morgan fingerprint density at radius 1 is 1.59 bits per heavy atom. The van der Waals surface area contributed by atoms with Crippen LogP contribution in [0, 0.1) is 6.92 Å². The Kier molecular flexibility index (Phi) is 3.24. The summed E-state index contributed by atoms with van der Waals surface area (Å²) in [5.41, 5.74) is 7.15. The Bertz CT molecular complexity index is 513. The van der Waals surface area contributed by atoms with Gasteiger partial charge in [0.1, 0.15) is 5.82 Å². The maximum atomic E-state index is 11.6. The SMILES string of the molecule is Cc1cc(N)cnc1NCC1CCCS1(=O)=O. The van der Waals surface area contributed by atoms with Crippen molar-refractivity contribution in [2.24, 2.45) is 0 Å². The summed E-state index contributed by atoms with van der Waals surface area (Å²) in [4.78, 5) is 4.16. The van der Waals surface area contributed by atoms with Gasteiger partial charge in [-0.15, -0.1) is 0 Å². The first-order valence-corrected chi connectivity index (χ1v) is 7.38. The van der Waals surface area contributed by atoms with E-state index in [4.69, 9.17) is 5.73 Å². The first-order valence-electron chi connectivity index (χ1n) is 5.66. The maximum absolute atomic E-state index is 11.6. The Morgan fingerprint density at radius 2 is 2.35 bits per heavy atom. The topological polar surface area (TPSA) is 85.1 Å². The van der Waals surface area contributed by atoms with Crippen molar-refractivity contribution in [1.82, 2.24) is 4.98 Å². The van der Waals surface area contributed by atoms with Crippen molar-refractivity contribution < 1.29 is 8.42 Å². The van der Waals surface area contributed by atoms with Gasteiger partial charge in [-0.25, -0.2) is 13.4 Å². The van der Waals surface area contributed by atoms with E-state index < -0.39 is 9.84 Å². The number of sulfone groups is 1. The molecule has 0 radical (unpaired) electrons. The molecule has 94 valence electrons. The number of aromatic nitrogens is 1. The normalized spacial score (nSPS) is 22.5. The molecule has 1 atom stereocenters. The van der Waals surface area contributed by atoms with Crippen LogP contribution in [0.25, 0.3) is 0 Å². The highest BCUT2D eigenvalue weighted by atomic mass is 32.2. The van der Waals surface area contributed by atoms with E-state index in [0.717, 1.165) is 18.4 Å². The second-order valence-electron chi connectivity index (χ2n) is 4.45. The van der Waals surface area contributed by atoms with Gasteiger partial charge in [0.15, 0.2) is 9.84 Å². The summed E-state index contributed by atoms with van der Waals surface area (Å²) in [6, 6.07) is 1.82. The number of rotatable bonds is 3. The van der Waals surface area contributed by atoms with Crippen LogP contribution in [0.2, 0.25) is 0 Å². The Balaban J connectivity index is 2.03. The molecule has 1 fully saturated rings. The zero-order chi connectivity index (χ0) is 12.5. The zero-order valence-corrected chi connectivity index (χ0v) is 10.6. The van der Waals surface area contributed by atoms with E-state index in [9.17, 15) is 8.42 Å². The average molecular weight is 255 g/mol. The van der Waals surface area contributed by atoms with Gasteiger partial charge in [-0.3, -0.25) is 0 Å². The summed E-state index contributed by atoms with van der Waals surface area (Å²) < 4.78 is 23.3. The number of nitrogens with zero attached hydrogens (tertiary/aromatic N) is 1. The Morgan fingerprint density at radius 3 is 2.94 bits per heavy atom. The molecule has 0 bridgehead atoms. The van der Waals surface area contributed by atoms with Crippen LogP contribution in [-0.2, 0) is 9.84 Å². The van der Waals surface area contributed by atoms with Crippen LogP contribution < -0.4 is 11.1 Å². The molecular formula is C11H17N3O2S. The van der Waals surface area contributed by atoms with E-state index in [0.29, 0.717) is 23.8 Å². The molecule has 0 aliphatic carbocycles. The number of pyridine rings is 1. The highest BCUT2D eigenvalue weighted by molar-refractivity contribution is 7.92.